The number of halogens is 3. The monoisotopic (exact) mass is 249 g/mol. The van der Waals surface area contributed by atoms with Crippen LogP contribution < -0.4 is 0 Å². The van der Waals surface area contributed by atoms with Gasteiger partial charge in [-0.25, -0.2) is 0 Å². The maximum atomic E-state index is 12.5. The van der Waals surface area contributed by atoms with Crippen molar-refractivity contribution in [3.8, 4) is 0 Å². The summed E-state index contributed by atoms with van der Waals surface area (Å²) in [4.78, 5) is 12.8. The van der Waals surface area contributed by atoms with Gasteiger partial charge in [0.1, 0.15) is 0 Å². The van der Waals surface area contributed by atoms with Gasteiger partial charge in [-0.3, -0.25) is 4.79 Å². The van der Waals surface area contributed by atoms with E-state index in [1.807, 2.05) is 0 Å². The Morgan fingerprint density at radius 2 is 2.24 bits per heavy atom. The van der Waals surface area contributed by atoms with Crippen LogP contribution in [0.2, 0.25) is 0 Å². The molecule has 2 rings (SSSR count). The van der Waals surface area contributed by atoms with Crippen molar-refractivity contribution in [1.29, 1.82) is 0 Å². The third-order valence-electron chi connectivity index (χ3n) is 2.71. The highest BCUT2D eigenvalue weighted by molar-refractivity contribution is 5.90. The number of likely N-dealkylation sites (tertiary alicyclic amines) is 1. The minimum absolute atomic E-state index is 0.0551. The first-order valence-corrected chi connectivity index (χ1v) is 5.08. The van der Waals surface area contributed by atoms with Crippen molar-refractivity contribution in [3.63, 3.8) is 0 Å². The molecule has 1 saturated heterocycles. The van der Waals surface area contributed by atoms with Gasteiger partial charge in [0.15, 0.2) is 0 Å². The molecule has 1 amide bonds. The van der Waals surface area contributed by atoms with Crippen molar-refractivity contribution < 1.29 is 18.0 Å². The summed E-state index contributed by atoms with van der Waals surface area (Å²) in [6, 6.07) is 0. The topological polar surface area (TPSA) is 74.8 Å². The van der Waals surface area contributed by atoms with Crippen LogP contribution in [0.4, 0.5) is 13.2 Å². The zero-order valence-corrected chi connectivity index (χ0v) is 8.74. The number of hydrogen-bond acceptors (Lipinski definition) is 4. The number of hydrogen-bond donors (Lipinski definition) is 1. The number of carbonyl (C=O) groups is 1. The number of piperidine rings is 1. The quantitative estimate of drug-likeness (QED) is 0.791. The molecule has 1 atom stereocenters. The molecule has 1 aromatic heterocycles. The van der Waals surface area contributed by atoms with Gasteiger partial charge in [0.2, 0.25) is 0 Å². The SMILES string of the molecule is O=C(c1nn[nH]n1)N1CCCC(C(F)(F)F)C1. The second kappa shape index (κ2) is 4.30. The maximum Gasteiger partial charge on any atom is 0.393 e. The van der Waals surface area contributed by atoms with E-state index in [1.54, 1.807) is 0 Å². The summed E-state index contributed by atoms with van der Waals surface area (Å²) in [6.07, 6.45) is -3.89. The number of alkyl halides is 3. The van der Waals surface area contributed by atoms with Crippen molar-refractivity contribution in [2.45, 2.75) is 19.0 Å². The molecule has 1 aliphatic heterocycles. The molecular weight excluding hydrogens is 239 g/mol. The number of carbonyl (C=O) groups excluding carboxylic acids is 1. The highest BCUT2D eigenvalue weighted by Gasteiger charge is 2.43. The van der Waals surface area contributed by atoms with E-state index < -0.39 is 18.0 Å². The Bertz CT molecular complexity index is 390. The Hall–Kier alpha value is -1.67. The summed E-state index contributed by atoms with van der Waals surface area (Å²) in [7, 11) is 0. The van der Waals surface area contributed by atoms with E-state index in [-0.39, 0.29) is 18.8 Å². The molecule has 1 aliphatic rings. The predicted octanol–water partition coefficient (Wildman–Crippen LogP) is 0.614. The van der Waals surface area contributed by atoms with Crippen LogP contribution in [-0.4, -0.2) is 50.7 Å². The van der Waals surface area contributed by atoms with Crippen molar-refractivity contribution in [3.05, 3.63) is 5.82 Å². The highest BCUT2D eigenvalue weighted by Crippen LogP contribution is 2.33. The van der Waals surface area contributed by atoms with E-state index in [4.69, 9.17) is 0 Å². The Balaban J connectivity index is 2.05. The first kappa shape index (κ1) is 11.8. The van der Waals surface area contributed by atoms with Gasteiger partial charge < -0.3 is 4.90 Å². The van der Waals surface area contributed by atoms with Crippen LogP contribution >= 0.6 is 0 Å². The standard InChI is InChI=1S/C8H10F3N5O/c9-8(10,11)5-2-1-3-16(4-5)7(17)6-12-14-15-13-6/h5H,1-4H2,(H,12,13,14,15). The van der Waals surface area contributed by atoms with Crippen LogP contribution in [0.15, 0.2) is 0 Å². The smallest absolute Gasteiger partial charge is 0.335 e. The van der Waals surface area contributed by atoms with Gasteiger partial charge in [-0.1, -0.05) is 0 Å². The van der Waals surface area contributed by atoms with Crippen molar-refractivity contribution >= 4 is 5.91 Å². The lowest BCUT2D eigenvalue weighted by Gasteiger charge is -2.32. The predicted molar refractivity (Wildman–Crippen MR) is 48.9 cm³/mol. The highest BCUT2D eigenvalue weighted by atomic mass is 19.4. The van der Waals surface area contributed by atoms with Crippen LogP contribution in [0, 0.1) is 5.92 Å². The molecule has 17 heavy (non-hydrogen) atoms. The van der Waals surface area contributed by atoms with Crippen LogP contribution in [0.5, 0.6) is 0 Å². The fourth-order valence-electron chi connectivity index (χ4n) is 1.82. The average Bonchev–Trinajstić information content (AvgIpc) is 2.80. The molecule has 9 heteroatoms. The van der Waals surface area contributed by atoms with E-state index in [9.17, 15) is 18.0 Å². The second-order valence-corrected chi connectivity index (χ2v) is 3.87. The van der Waals surface area contributed by atoms with E-state index in [2.05, 4.69) is 20.6 Å². The van der Waals surface area contributed by atoms with Gasteiger partial charge in [0, 0.05) is 13.1 Å². The van der Waals surface area contributed by atoms with E-state index in [1.165, 1.54) is 0 Å². The fraction of sp³-hybridized carbons (Fsp3) is 0.750. The Morgan fingerprint density at radius 3 is 2.82 bits per heavy atom. The molecule has 1 N–H and O–H groups in total. The second-order valence-electron chi connectivity index (χ2n) is 3.87. The van der Waals surface area contributed by atoms with Gasteiger partial charge in [-0.05, 0) is 18.1 Å². The van der Waals surface area contributed by atoms with Crippen molar-refractivity contribution in [2.24, 2.45) is 5.92 Å². The number of H-pyrrole nitrogens is 1. The van der Waals surface area contributed by atoms with Crippen LogP contribution in [0.25, 0.3) is 0 Å². The summed E-state index contributed by atoms with van der Waals surface area (Å²) >= 11 is 0. The van der Waals surface area contributed by atoms with Crippen LogP contribution in [0.1, 0.15) is 23.5 Å². The number of nitrogens with zero attached hydrogens (tertiary/aromatic N) is 4. The zero-order chi connectivity index (χ0) is 12.5. The minimum Gasteiger partial charge on any atom is -0.335 e. The molecule has 2 heterocycles. The lowest BCUT2D eigenvalue weighted by molar-refractivity contribution is -0.184. The zero-order valence-electron chi connectivity index (χ0n) is 8.74. The number of tetrazole rings is 1. The van der Waals surface area contributed by atoms with Gasteiger partial charge in [0.05, 0.1) is 5.92 Å². The lowest BCUT2D eigenvalue weighted by atomic mass is 9.97. The summed E-state index contributed by atoms with van der Waals surface area (Å²) in [5.41, 5.74) is 0. The molecule has 1 aromatic rings. The number of nitrogens with one attached hydrogen (secondary N) is 1. The summed E-state index contributed by atoms with van der Waals surface area (Å²) in [5, 5.41) is 12.2. The van der Waals surface area contributed by atoms with Crippen LogP contribution in [0.3, 0.4) is 0 Å². The van der Waals surface area contributed by atoms with Gasteiger partial charge >= 0.3 is 6.18 Å². The average molecular weight is 249 g/mol. The fourth-order valence-corrected chi connectivity index (χ4v) is 1.82. The summed E-state index contributed by atoms with van der Waals surface area (Å²) < 4.78 is 37.6. The first-order chi connectivity index (χ1) is 7.98. The summed E-state index contributed by atoms with van der Waals surface area (Å²) in [6.45, 7) is -0.0448. The third kappa shape index (κ3) is 2.53. The molecule has 0 aliphatic carbocycles. The molecule has 94 valence electrons. The van der Waals surface area contributed by atoms with Crippen molar-refractivity contribution in [2.75, 3.05) is 13.1 Å². The van der Waals surface area contributed by atoms with Crippen LogP contribution in [-0.2, 0) is 0 Å². The number of amides is 1. The molecule has 0 saturated carbocycles. The molecule has 1 unspecified atom stereocenters. The van der Waals surface area contributed by atoms with E-state index in [0.29, 0.717) is 13.0 Å². The largest absolute Gasteiger partial charge is 0.393 e. The molecule has 6 nitrogen and oxygen atoms in total. The molecule has 0 bridgehead atoms. The Morgan fingerprint density at radius 1 is 1.47 bits per heavy atom. The number of rotatable bonds is 1. The minimum atomic E-state index is -4.27. The third-order valence-corrected chi connectivity index (χ3v) is 2.71. The summed E-state index contributed by atoms with van der Waals surface area (Å²) in [5.74, 6) is -2.28. The molecular formula is C8H10F3N5O. The van der Waals surface area contributed by atoms with Gasteiger partial charge in [-0.2, -0.15) is 18.4 Å². The Labute approximate surface area is 94.2 Å². The van der Waals surface area contributed by atoms with Gasteiger partial charge in [0.25, 0.3) is 11.7 Å². The molecule has 0 aromatic carbocycles. The van der Waals surface area contributed by atoms with E-state index >= 15 is 0 Å². The number of aromatic nitrogens is 4. The van der Waals surface area contributed by atoms with Crippen molar-refractivity contribution in [1.82, 2.24) is 25.5 Å². The maximum absolute atomic E-state index is 12.5. The van der Waals surface area contributed by atoms with Gasteiger partial charge in [-0.15, -0.1) is 10.2 Å². The molecule has 0 radical (unpaired) electrons. The first-order valence-electron chi connectivity index (χ1n) is 5.08. The number of aromatic amines is 1. The lowest BCUT2D eigenvalue weighted by Crippen LogP contribution is -2.44. The Kier molecular flexibility index (Phi) is 2.99. The molecule has 0 spiro atoms. The normalized spacial score (nSPS) is 21.6. The van der Waals surface area contributed by atoms with E-state index in [0.717, 1.165) is 4.90 Å². The molecule has 1 fully saturated rings.